The van der Waals surface area contributed by atoms with Gasteiger partial charge in [-0.2, -0.15) is 0 Å². The highest BCUT2D eigenvalue weighted by Crippen LogP contribution is 2.23. The summed E-state index contributed by atoms with van der Waals surface area (Å²) in [6.07, 6.45) is 1.68. The maximum absolute atomic E-state index is 11.8. The summed E-state index contributed by atoms with van der Waals surface area (Å²) in [6.45, 7) is 6.93. The standard InChI is InChI=1S/C29H34N4O4/c1-21(19-34)30-17-26(16-27-28(35)29(36)32-20-31-27)25-10-8-23(9-11-25)3-2-22-4-6-24(7-5-22)18-33-12-14-37-15-13-33/h4-11,20-21,26,30,34-35H,12-19H2,1H3,(H,31,32,36)/t21-,26-/m0/s1. The van der Waals surface area contributed by atoms with Gasteiger partial charge in [0.15, 0.2) is 0 Å². The first-order chi connectivity index (χ1) is 18.0. The lowest BCUT2D eigenvalue weighted by Gasteiger charge is -2.26. The minimum Gasteiger partial charge on any atom is -0.502 e. The van der Waals surface area contributed by atoms with Crippen LogP contribution in [0.25, 0.3) is 0 Å². The van der Waals surface area contributed by atoms with Gasteiger partial charge in [0.25, 0.3) is 5.56 Å². The third-order valence-corrected chi connectivity index (χ3v) is 6.53. The highest BCUT2D eigenvalue weighted by molar-refractivity contribution is 5.44. The zero-order valence-electron chi connectivity index (χ0n) is 21.1. The van der Waals surface area contributed by atoms with Gasteiger partial charge in [0.1, 0.15) is 0 Å². The van der Waals surface area contributed by atoms with E-state index < -0.39 is 5.56 Å². The molecule has 37 heavy (non-hydrogen) atoms. The molecule has 2 atom stereocenters. The van der Waals surface area contributed by atoms with Crippen LogP contribution in [0, 0.1) is 11.8 Å². The topological polar surface area (TPSA) is 111 Å². The van der Waals surface area contributed by atoms with E-state index in [1.165, 1.54) is 11.9 Å². The number of hydrogen-bond donors (Lipinski definition) is 4. The van der Waals surface area contributed by atoms with Gasteiger partial charge in [-0.1, -0.05) is 36.1 Å². The number of morpholine rings is 1. The van der Waals surface area contributed by atoms with Crippen molar-refractivity contribution in [3.8, 4) is 17.6 Å². The largest absolute Gasteiger partial charge is 0.502 e. The van der Waals surface area contributed by atoms with Crippen molar-refractivity contribution in [2.45, 2.75) is 31.8 Å². The van der Waals surface area contributed by atoms with Crippen LogP contribution < -0.4 is 10.9 Å². The second kappa shape index (κ2) is 13.2. The molecule has 0 radical (unpaired) electrons. The molecule has 1 saturated heterocycles. The summed E-state index contributed by atoms with van der Waals surface area (Å²) in [7, 11) is 0. The normalized spacial score (nSPS) is 15.5. The number of aromatic amines is 1. The number of hydrogen-bond acceptors (Lipinski definition) is 7. The first-order valence-electron chi connectivity index (χ1n) is 12.6. The molecule has 0 unspecified atom stereocenters. The predicted molar refractivity (Wildman–Crippen MR) is 142 cm³/mol. The Morgan fingerprint density at radius 3 is 2.38 bits per heavy atom. The van der Waals surface area contributed by atoms with E-state index >= 15 is 0 Å². The summed E-state index contributed by atoms with van der Waals surface area (Å²) in [4.78, 5) is 20.7. The van der Waals surface area contributed by atoms with Gasteiger partial charge in [0, 0.05) is 55.7 Å². The maximum atomic E-state index is 11.8. The molecule has 4 N–H and O–H groups in total. The van der Waals surface area contributed by atoms with Crippen molar-refractivity contribution in [1.29, 1.82) is 0 Å². The molecule has 0 spiro atoms. The van der Waals surface area contributed by atoms with E-state index in [-0.39, 0.29) is 24.3 Å². The van der Waals surface area contributed by atoms with Gasteiger partial charge in [-0.05, 0) is 42.3 Å². The minimum absolute atomic E-state index is 0.0178. The van der Waals surface area contributed by atoms with E-state index in [1.807, 2.05) is 31.2 Å². The molecule has 3 aromatic rings. The van der Waals surface area contributed by atoms with E-state index in [0.29, 0.717) is 18.7 Å². The van der Waals surface area contributed by atoms with Crippen LogP contribution in [0.1, 0.15) is 40.8 Å². The van der Waals surface area contributed by atoms with Crippen LogP contribution in [0.15, 0.2) is 59.7 Å². The average Bonchev–Trinajstić information content (AvgIpc) is 2.93. The molecule has 4 rings (SSSR count). The molecule has 1 fully saturated rings. The fourth-order valence-corrected chi connectivity index (χ4v) is 4.22. The molecule has 2 heterocycles. The molecule has 0 aliphatic carbocycles. The minimum atomic E-state index is -0.555. The molecule has 0 saturated carbocycles. The van der Waals surface area contributed by atoms with Crippen molar-refractivity contribution < 1.29 is 14.9 Å². The lowest BCUT2D eigenvalue weighted by atomic mass is 9.92. The number of aliphatic hydroxyl groups excluding tert-OH is 1. The highest BCUT2D eigenvalue weighted by Gasteiger charge is 2.18. The van der Waals surface area contributed by atoms with E-state index in [0.717, 1.165) is 49.5 Å². The highest BCUT2D eigenvalue weighted by atomic mass is 16.5. The van der Waals surface area contributed by atoms with Gasteiger partial charge < -0.3 is 25.3 Å². The molecule has 1 aromatic heterocycles. The van der Waals surface area contributed by atoms with Crippen LogP contribution in [-0.2, 0) is 17.7 Å². The van der Waals surface area contributed by atoms with E-state index in [9.17, 15) is 15.0 Å². The first-order valence-corrected chi connectivity index (χ1v) is 12.6. The molecule has 1 aliphatic rings. The molecule has 8 nitrogen and oxygen atoms in total. The van der Waals surface area contributed by atoms with Gasteiger partial charge in [0.2, 0.25) is 5.75 Å². The molecule has 2 aromatic carbocycles. The number of nitrogens with one attached hydrogen (secondary N) is 2. The van der Waals surface area contributed by atoms with Gasteiger partial charge in [-0.3, -0.25) is 9.69 Å². The van der Waals surface area contributed by atoms with Crippen molar-refractivity contribution in [1.82, 2.24) is 20.2 Å². The van der Waals surface area contributed by atoms with E-state index in [4.69, 9.17) is 4.74 Å². The Morgan fingerprint density at radius 2 is 1.73 bits per heavy atom. The fourth-order valence-electron chi connectivity index (χ4n) is 4.22. The number of aromatic nitrogens is 2. The second-order valence-electron chi connectivity index (χ2n) is 9.38. The Bertz CT molecular complexity index is 1260. The van der Waals surface area contributed by atoms with Crippen LogP contribution in [0.5, 0.6) is 5.75 Å². The predicted octanol–water partition coefficient (Wildman–Crippen LogP) is 2.00. The zero-order chi connectivity index (χ0) is 26.0. The number of aliphatic hydroxyl groups is 1. The Balaban J connectivity index is 1.43. The average molecular weight is 503 g/mol. The molecular formula is C29H34N4O4. The van der Waals surface area contributed by atoms with Gasteiger partial charge >= 0.3 is 0 Å². The van der Waals surface area contributed by atoms with E-state index in [2.05, 4.69) is 56.3 Å². The SMILES string of the molecule is C[C@@H](CO)NC[C@H](Cc1nc[nH]c(=O)c1O)c1ccc(C#Cc2ccc(CN3CCOCC3)cc2)cc1. The monoisotopic (exact) mass is 502 g/mol. The molecule has 0 bridgehead atoms. The van der Waals surface area contributed by atoms with Crippen LogP contribution in [0.4, 0.5) is 0 Å². The molecule has 1 aliphatic heterocycles. The Labute approximate surface area is 217 Å². The van der Waals surface area contributed by atoms with Crippen molar-refractivity contribution >= 4 is 0 Å². The smallest absolute Gasteiger partial charge is 0.293 e. The number of benzene rings is 2. The summed E-state index contributed by atoms with van der Waals surface area (Å²) < 4.78 is 5.42. The molecular weight excluding hydrogens is 468 g/mol. The van der Waals surface area contributed by atoms with Crippen molar-refractivity contribution in [3.63, 3.8) is 0 Å². The number of ether oxygens (including phenoxy) is 1. The third kappa shape index (κ3) is 7.75. The summed E-state index contributed by atoms with van der Waals surface area (Å²) in [5.41, 5.74) is 3.94. The molecule has 0 amide bonds. The molecule has 194 valence electrons. The van der Waals surface area contributed by atoms with E-state index in [1.54, 1.807) is 0 Å². The Hall–Kier alpha value is -3.48. The van der Waals surface area contributed by atoms with Crippen molar-refractivity contribution in [2.24, 2.45) is 0 Å². The summed E-state index contributed by atoms with van der Waals surface area (Å²) in [6, 6.07) is 16.3. The van der Waals surface area contributed by atoms with Crippen LogP contribution in [0.2, 0.25) is 0 Å². The van der Waals surface area contributed by atoms with Crippen molar-refractivity contribution in [2.75, 3.05) is 39.5 Å². The first kappa shape index (κ1) is 26.6. The van der Waals surface area contributed by atoms with Crippen molar-refractivity contribution in [3.05, 3.63) is 93.2 Å². The lowest BCUT2D eigenvalue weighted by Crippen LogP contribution is -2.35. The Kier molecular flexibility index (Phi) is 9.46. The molecule has 8 heteroatoms. The summed E-state index contributed by atoms with van der Waals surface area (Å²) in [5.74, 6) is 6.05. The Morgan fingerprint density at radius 1 is 1.08 bits per heavy atom. The van der Waals surface area contributed by atoms with Crippen LogP contribution in [0.3, 0.4) is 0 Å². The summed E-state index contributed by atoms with van der Waals surface area (Å²) >= 11 is 0. The van der Waals surface area contributed by atoms with Gasteiger partial charge in [-0.25, -0.2) is 4.98 Å². The fraction of sp³-hybridized carbons (Fsp3) is 0.379. The number of aromatic hydroxyl groups is 1. The maximum Gasteiger partial charge on any atom is 0.293 e. The van der Waals surface area contributed by atoms with Crippen LogP contribution in [-0.4, -0.2) is 70.6 Å². The van der Waals surface area contributed by atoms with Gasteiger partial charge in [0.05, 0.1) is 31.8 Å². The quantitative estimate of drug-likeness (QED) is 0.331. The van der Waals surface area contributed by atoms with Crippen LogP contribution >= 0.6 is 0 Å². The number of H-pyrrole nitrogens is 1. The number of rotatable bonds is 9. The lowest BCUT2D eigenvalue weighted by molar-refractivity contribution is 0.0342. The zero-order valence-corrected chi connectivity index (χ0v) is 21.1. The number of nitrogens with zero attached hydrogens (tertiary/aromatic N) is 2. The van der Waals surface area contributed by atoms with Gasteiger partial charge in [-0.15, -0.1) is 0 Å². The second-order valence-corrected chi connectivity index (χ2v) is 9.38. The third-order valence-electron chi connectivity index (χ3n) is 6.53. The summed E-state index contributed by atoms with van der Waals surface area (Å²) in [5, 5.41) is 22.8.